The molecule has 2 N–H and O–H groups in total. The third-order valence-electron chi connectivity index (χ3n) is 10.2. The number of amides is 3. The molecule has 6 rings (SSSR count). The van der Waals surface area contributed by atoms with Crippen LogP contribution in [0.4, 0.5) is 0 Å². The minimum absolute atomic E-state index is 0.0803. The lowest BCUT2D eigenvalue weighted by atomic mass is 9.68. The van der Waals surface area contributed by atoms with Gasteiger partial charge in [0.1, 0.15) is 0 Å². The van der Waals surface area contributed by atoms with Crippen molar-refractivity contribution in [2.45, 2.75) is 51.0 Å². The van der Waals surface area contributed by atoms with Crippen molar-refractivity contribution < 1.29 is 14.4 Å². The number of rotatable bonds is 9. The van der Waals surface area contributed by atoms with Crippen LogP contribution in [0.25, 0.3) is 0 Å². The van der Waals surface area contributed by atoms with Gasteiger partial charge in [-0.1, -0.05) is 73.5 Å². The largest absolute Gasteiger partial charge is 0.369 e. The van der Waals surface area contributed by atoms with E-state index in [1.165, 1.54) is 5.56 Å². The molecule has 4 fully saturated rings. The number of carbonyl (C=O) groups excluding carboxylic acids is 3. The molecule has 3 saturated heterocycles. The summed E-state index contributed by atoms with van der Waals surface area (Å²) in [7, 11) is 0. The highest BCUT2D eigenvalue weighted by Gasteiger charge is 2.48. The molecule has 1 aliphatic carbocycles. The summed E-state index contributed by atoms with van der Waals surface area (Å²) in [5, 5.41) is 0. The monoisotopic (exact) mass is 542 g/mol. The van der Waals surface area contributed by atoms with E-state index in [0.717, 1.165) is 70.4 Å². The Bertz CT molecular complexity index is 1200. The summed E-state index contributed by atoms with van der Waals surface area (Å²) in [5.74, 6) is 0.969. The van der Waals surface area contributed by atoms with Crippen molar-refractivity contribution in [1.29, 1.82) is 0 Å². The summed E-state index contributed by atoms with van der Waals surface area (Å²) in [6.07, 6.45) is 5.16. The van der Waals surface area contributed by atoms with Crippen LogP contribution in [-0.2, 0) is 20.9 Å². The minimum atomic E-state index is -0.437. The van der Waals surface area contributed by atoms with E-state index in [4.69, 9.17) is 5.73 Å². The number of nitrogens with two attached hydrogens (primary N) is 1. The second-order valence-corrected chi connectivity index (χ2v) is 12.7. The number of carbonyl (C=O) groups is 3. The van der Waals surface area contributed by atoms with E-state index >= 15 is 0 Å². The second kappa shape index (κ2) is 11.4. The highest BCUT2D eigenvalue weighted by atomic mass is 16.2. The summed E-state index contributed by atoms with van der Waals surface area (Å²) in [4.78, 5) is 45.3. The summed E-state index contributed by atoms with van der Waals surface area (Å²) < 4.78 is 0. The van der Waals surface area contributed by atoms with Crippen LogP contribution in [0.15, 0.2) is 60.7 Å². The van der Waals surface area contributed by atoms with Crippen LogP contribution in [-0.4, -0.2) is 71.7 Å². The van der Waals surface area contributed by atoms with Crippen LogP contribution in [0.2, 0.25) is 0 Å². The lowest BCUT2D eigenvalue weighted by Crippen LogP contribution is -2.41. The van der Waals surface area contributed by atoms with Gasteiger partial charge in [-0.05, 0) is 54.7 Å². The van der Waals surface area contributed by atoms with Gasteiger partial charge in [0, 0.05) is 45.7 Å². The topological polar surface area (TPSA) is 87.0 Å². The summed E-state index contributed by atoms with van der Waals surface area (Å²) in [6, 6.07) is 20.5. The van der Waals surface area contributed by atoms with Gasteiger partial charge in [0.25, 0.3) is 0 Å². The Balaban J connectivity index is 1.03. The van der Waals surface area contributed by atoms with E-state index in [2.05, 4.69) is 29.2 Å². The van der Waals surface area contributed by atoms with Crippen LogP contribution < -0.4 is 5.73 Å². The Morgan fingerprint density at radius 2 is 1.50 bits per heavy atom. The van der Waals surface area contributed by atoms with Gasteiger partial charge in [0.2, 0.25) is 17.7 Å². The molecule has 0 radical (unpaired) electrons. The van der Waals surface area contributed by atoms with E-state index in [0.29, 0.717) is 31.3 Å². The van der Waals surface area contributed by atoms with Crippen LogP contribution in [0, 0.1) is 23.2 Å². The lowest BCUT2D eigenvalue weighted by Gasteiger charge is -2.36. The van der Waals surface area contributed by atoms with Crippen molar-refractivity contribution in [3.05, 3.63) is 71.8 Å². The summed E-state index contributed by atoms with van der Waals surface area (Å²) >= 11 is 0. The molecule has 3 unspecified atom stereocenters. The summed E-state index contributed by atoms with van der Waals surface area (Å²) in [5.41, 5.74) is 7.96. The molecule has 4 atom stereocenters. The molecule has 40 heavy (non-hydrogen) atoms. The number of primary amides is 1. The smallest absolute Gasteiger partial charge is 0.228 e. The minimum Gasteiger partial charge on any atom is -0.369 e. The maximum atomic E-state index is 13.4. The molecular weight excluding hydrogens is 500 g/mol. The number of fused-ring (bicyclic) bond motifs is 1. The standard InChI is InChI=1S/C33H42N4O3/c34-32(40)33(14-7-8-15-33)29(25-11-5-2-6-12-25)13-16-35-19-27-22-37(23-28(27)20-35)31(39)26-17-30(38)36(21-26)18-24-9-3-1-4-10-24/h1-6,9-12,26-29H,7-8,13-23H2,(H2,34,40)/t26?,27?,28?,29-/m0/s1. The lowest BCUT2D eigenvalue weighted by molar-refractivity contribution is -0.135. The van der Waals surface area contributed by atoms with Gasteiger partial charge in [-0.3, -0.25) is 14.4 Å². The van der Waals surface area contributed by atoms with Crippen LogP contribution in [0.3, 0.4) is 0 Å². The van der Waals surface area contributed by atoms with Gasteiger partial charge < -0.3 is 20.4 Å². The predicted octanol–water partition coefficient (Wildman–Crippen LogP) is 3.64. The van der Waals surface area contributed by atoms with Gasteiger partial charge in [0.05, 0.1) is 11.3 Å². The first-order valence-corrected chi connectivity index (χ1v) is 15.1. The SMILES string of the molecule is NC(=O)C1([C@@H](CCN2CC3CN(C(=O)C4CC(=O)N(Cc5ccccc5)C4)CC3C2)c2ccccc2)CCCC1. The third kappa shape index (κ3) is 5.28. The van der Waals surface area contributed by atoms with E-state index < -0.39 is 5.41 Å². The summed E-state index contributed by atoms with van der Waals surface area (Å²) in [6.45, 7) is 5.60. The maximum Gasteiger partial charge on any atom is 0.228 e. The van der Waals surface area contributed by atoms with Gasteiger partial charge in [-0.2, -0.15) is 0 Å². The first-order chi connectivity index (χ1) is 19.4. The molecule has 0 aromatic heterocycles. The fourth-order valence-electron chi connectivity index (χ4n) is 8.14. The quantitative estimate of drug-likeness (QED) is 0.524. The van der Waals surface area contributed by atoms with Crippen molar-refractivity contribution in [3.8, 4) is 0 Å². The van der Waals surface area contributed by atoms with Crippen LogP contribution in [0.5, 0.6) is 0 Å². The molecule has 7 nitrogen and oxygen atoms in total. The fourth-order valence-corrected chi connectivity index (χ4v) is 8.14. The molecule has 3 heterocycles. The average Bonchev–Trinajstić information content (AvgIpc) is 3.75. The Morgan fingerprint density at radius 1 is 0.875 bits per heavy atom. The number of likely N-dealkylation sites (tertiary alicyclic amines) is 3. The zero-order valence-electron chi connectivity index (χ0n) is 23.4. The molecule has 212 valence electrons. The Labute approximate surface area is 237 Å². The molecule has 0 bridgehead atoms. The van der Waals surface area contributed by atoms with Gasteiger partial charge in [0.15, 0.2) is 0 Å². The highest BCUT2D eigenvalue weighted by Crippen LogP contribution is 2.50. The van der Waals surface area contributed by atoms with Crippen molar-refractivity contribution in [3.63, 3.8) is 0 Å². The van der Waals surface area contributed by atoms with Crippen molar-refractivity contribution in [2.75, 3.05) is 39.3 Å². The van der Waals surface area contributed by atoms with Crippen molar-refractivity contribution >= 4 is 17.7 Å². The molecule has 4 aliphatic rings. The highest BCUT2D eigenvalue weighted by molar-refractivity contribution is 5.89. The third-order valence-corrected chi connectivity index (χ3v) is 10.2. The number of hydrogen-bond acceptors (Lipinski definition) is 4. The molecule has 7 heteroatoms. The zero-order valence-corrected chi connectivity index (χ0v) is 23.4. The predicted molar refractivity (Wildman–Crippen MR) is 154 cm³/mol. The van der Waals surface area contributed by atoms with Crippen LogP contribution >= 0.6 is 0 Å². The van der Waals surface area contributed by atoms with E-state index in [1.54, 1.807) is 0 Å². The van der Waals surface area contributed by atoms with E-state index in [-0.39, 0.29) is 29.6 Å². The zero-order chi connectivity index (χ0) is 27.7. The van der Waals surface area contributed by atoms with Crippen molar-refractivity contribution in [1.82, 2.24) is 14.7 Å². The number of benzene rings is 2. The number of nitrogens with zero attached hydrogens (tertiary/aromatic N) is 3. The molecule has 2 aromatic carbocycles. The Kier molecular flexibility index (Phi) is 7.67. The van der Waals surface area contributed by atoms with Crippen LogP contribution in [0.1, 0.15) is 55.6 Å². The average molecular weight is 543 g/mol. The van der Waals surface area contributed by atoms with Gasteiger partial charge in [-0.25, -0.2) is 0 Å². The van der Waals surface area contributed by atoms with E-state index in [9.17, 15) is 14.4 Å². The Morgan fingerprint density at radius 3 is 2.12 bits per heavy atom. The first-order valence-electron chi connectivity index (χ1n) is 15.1. The van der Waals surface area contributed by atoms with E-state index in [1.807, 2.05) is 46.2 Å². The normalized spacial score (nSPS) is 26.8. The van der Waals surface area contributed by atoms with Gasteiger partial charge in [-0.15, -0.1) is 0 Å². The maximum absolute atomic E-state index is 13.4. The number of hydrogen-bond donors (Lipinski definition) is 1. The fraction of sp³-hybridized carbons (Fsp3) is 0.545. The van der Waals surface area contributed by atoms with Crippen molar-refractivity contribution in [2.24, 2.45) is 28.9 Å². The molecule has 2 aromatic rings. The molecule has 3 amide bonds. The molecule has 1 saturated carbocycles. The molecule has 0 spiro atoms. The first kappa shape index (κ1) is 27.0. The molecular formula is C33H42N4O3. The second-order valence-electron chi connectivity index (χ2n) is 12.7. The Hall–Kier alpha value is -3.19. The molecule has 3 aliphatic heterocycles. The van der Waals surface area contributed by atoms with Gasteiger partial charge >= 0.3 is 0 Å².